The molecule has 2 rings (SSSR count). The molecule has 0 fully saturated rings. The molecule has 0 aromatic carbocycles. The molecule has 2 aromatic heterocycles. The fourth-order valence-corrected chi connectivity index (χ4v) is 1.37. The predicted octanol–water partition coefficient (Wildman–Crippen LogP) is 2.82. The smallest absolute Gasteiger partial charge is 0.181 e. The van der Waals surface area contributed by atoms with Crippen molar-refractivity contribution in [3.05, 3.63) is 30.7 Å². The predicted molar refractivity (Wildman–Crippen MR) is 60.8 cm³/mol. The number of hydrogen-bond acceptors (Lipinski definition) is 4. The lowest BCUT2D eigenvalue weighted by Crippen LogP contribution is -2.35. The van der Waals surface area contributed by atoms with Crippen molar-refractivity contribution in [2.45, 2.75) is 32.9 Å². The van der Waals surface area contributed by atoms with E-state index in [4.69, 9.17) is 8.83 Å². The van der Waals surface area contributed by atoms with Crippen molar-refractivity contribution in [1.29, 1.82) is 0 Å². The average molecular weight is 220 g/mol. The third kappa shape index (κ3) is 2.52. The summed E-state index contributed by atoms with van der Waals surface area (Å²) >= 11 is 0. The first-order valence-corrected chi connectivity index (χ1v) is 5.26. The van der Waals surface area contributed by atoms with Crippen molar-refractivity contribution >= 4 is 0 Å². The average Bonchev–Trinajstić information content (AvgIpc) is 2.84. The monoisotopic (exact) mass is 220 g/mol. The van der Waals surface area contributed by atoms with E-state index in [1.807, 2.05) is 6.07 Å². The molecular weight excluding hydrogens is 204 g/mol. The molecule has 0 amide bonds. The summed E-state index contributed by atoms with van der Waals surface area (Å²) in [5.41, 5.74) is 1.88. The molecule has 0 radical (unpaired) electrons. The Hall–Kier alpha value is -1.55. The van der Waals surface area contributed by atoms with Crippen LogP contribution >= 0.6 is 0 Å². The summed E-state index contributed by atoms with van der Waals surface area (Å²) in [7, 11) is 0. The van der Waals surface area contributed by atoms with Gasteiger partial charge in [0.1, 0.15) is 12.0 Å². The maximum Gasteiger partial charge on any atom is 0.181 e. The summed E-state index contributed by atoms with van der Waals surface area (Å²) in [5, 5.41) is 3.37. The molecule has 2 aromatic rings. The molecule has 0 bridgehead atoms. The van der Waals surface area contributed by atoms with Crippen molar-refractivity contribution in [3.8, 4) is 11.3 Å². The van der Waals surface area contributed by atoms with Gasteiger partial charge in [0.15, 0.2) is 12.2 Å². The highest BCUT2D eigenvalue weighted by Gasteiger charge is 2.15. The van der Waals surface area contributed by atoms with Gasteiger partial charge in [0.2, 0.25) is 0 Å². The van der Waals surface area contributed by atoms with Crippen molar-refractivity contribution in [2.75, 3.05) is 0 Å². The first-order chi connectivity index (χ1) is 7.56. The number of furan rings is 1. The van der Waals surface area contributed by atoms with E-state index >= 15 is 0 Å². The molecule has 0 aliphatic carbocycles. The van der Waals surface area contributed by atoms with Gasteiger partial charge in [-0.05, 0) is 26.8 Å². The van der Waals surface area contributed by atoms with Crippen LogP contribution in [0.2, 0.25) is 0 Å². The van der Waals surface area contributed by atoms with Crippen LogP contribution in [0.5, 0.6) is 0 Å². The second kappa shape index (κ2) is 4.14. The van der Waals surface area contributed by atoms with E-state index in [1.165, 1.54) is 6.39 Å². The van der Waals surface area contributed by atoms with Crippen LogP contribution in [0.25, 0.3) is 11.3 Å². The zero-order chi connectivity index (χ0) is 11.6. The number of aromatic nitrogens is 1. The standard InChI is InChI=1S/C12H16N2O2/c1-12(2,3)14-6-10-11(16-8-13-10)9-4-5-15-7-9/h4-5,7-8,14H,6H2,1-3H3. The van der Waals surface area contributed by atoms with E-state index in [9.17, 15) is 0 Å². The largest absolute Gasteiger partial charge is 0.472 e. The molecular formula is C12H16N2O2. The molecule has 0 unspecified atom stereocenters. The summed E-state index contributed by atoms with van der Waals surface area (Å²) in [6.45, 7) is 7.03. The number of nitrogens with one attached hydrogen (secondary N) is 1. The molecule has 0 aliphatic heterocycles. The van der Waals surface area contributed by atoms with Crippen LogP contribution in [0.15, 0.2) is 33.8 Å². The van der Waals surface area contributed by atoms with Crippen LogP contribution < -0.4 is 5.32 Å². The van der Waals surface area contributed by atoms with Gasteiger partial charge >= 0.3 is 0 Å². The minimum Gasteiger partial charge on any atom is -0.472 e. The zero-order valence-electron chi connectivity index (χ0n) is 9.78. The lowest BCUT2D eigenvalue weighted by molar-refractivity contribution is 0.421. The summed E-state index contributed by atoms with van der Waals surface area (Å²) in [5.74, 6) is 0.769. The Bertz CT molecular complexity index is 438. The number of nitrogens with zero attached hydrogens (tertiary/aromatic N) is 1. The topological polar surface area (TPSA) is 51.2 Å². The van der Waals surface area contributed by atoms with E-state index in [2.05, 4.69) is 31.1 Å². The highest BCUT2D eigenvalue weighted by Crippen LogP contribution is 2.23. The van der Waals surface area contributed by atoms with Crippen LogP contribution in [0.1, 0.15) is 26.5 Å². The Kier molecular flexibility index (Phi) is 2.83. The van der Waals surface area contributed by atoms with Gasteiger partial charge in [0.25, 0.3) is 0 Å². The van der Waals surface area contributed by atoms with Crippen LogP contribution in [-0.4, -0.2) is 10.5 Å². The molecule has 4 heteroatoms. The van der Waals surface area contributed by atoms with Gasteiger partial charge in [-0.15, -0.1) is 0 Å². The molecule has 0 saturated heterocycles. The van der Waals surface area contributed by atoms with Gasteiger partial charge in [-0.25, -0.2) is 4.98 Å². The first kappa shape index (κ1) is 11.0. The summed E-state index contributed by atoms with van der Waals surface area (Å²) < 4.78 is 10.4. The Labute approximate surface area is 94.7 Å². The highest BCUT2D eigenvalue weighted by molar-refractivity contribution is 5.57. The maximum atomic E-state index is 5.36. The Morgan fingerprint density at radius 1 is 1.38 bits per heavy atom. The molecule has 1 N–H and O–H groups in total. The molecule has 4 nitrogen and oxygen atoms in total. The van der Waals surface area contributed by atoms with Gasteiger partial charge in [-0.2, -0.15) is 0 Å². The normalized spacial score (nSPS) is 11.9. The number of rotatable bonds is 3. The fraction of sp³-hybridized carbons (Fsp3) is 0.417. The van der Waals surface area contributed by atoms with Gasteiger partial charge < -0.3 is 14.2 Å². The third-order valence-corrected chi connectivity index (χ3v) is 2.21. The van der Waals surface area contributed by atoms with Gasteiger partial charge in [-0.3, -0.25) is 0 Å². The minimum atomic E-state index is 0.0621. The Morgan fingerprint density at radius 3 is 2.81 bits per heavy atom. The third-order valence-electron chi connectivity index (χ3n) is 2.21. The van der Waals surface area contributed by atoms with E-state index in [0.29, 0.717) is 6.54 Å². The molecule has 86 valence electrons. The second-order valence-corrected chi connectivity index (χ2v) is 4.74. The molecule has 0 aliphatic rings. The quantitative estimate of drug-likeness (QED) is 0.864. The van der Waals surface area contributed by atoms with Gasteiger partial charge in [-0.1, -0.05) is 0 Å². The zero-order valence-corrected chi connectivity index (χ0v) is 9.78. The molecule has 0 spiro atoms. The number of hydrogen-bond donors (Lipinski definition) is 1. The molecule has 16 heavy (non-hydrogen) atoms. The number of oxazole rings is 1. The fourth-order valence-electron chi connectivity index (χ4n) is 1.37. The van der Waals surface area contributed by atoms with Gasteiger partial charge in [0, 0.05) is 12.1 Å². The lowest BCUT2D eigenvalue weighted by atomic mass is 10.1. The Morgan fingerprint density at radius 2 is 2.19 bits per heavy atom. The summed E-state index contributed by atoms with van der Waals surface area (Å²) in [6.07, 6.45) is 4.74. The molecule has 0 atom stereocenters. The van der Waals surface area contributed by atoms with Crippen LogP contribution in [-0.2, 0) is 6.54 Å². The SMILES string of the molecule is CC(C)(C)NCc1ncoc1-c1ccoc1. The second-order valence-electron chi connectivity index (χ2n) is 4.74. The lowest BCUT2D eigenvalue weighted by Gasteiger charge is -2.19. The van der Waals surface area contributed by atoms with Crippen LogP contribution in [0, 0.1) is 0 Å². The van der Waals surface area contributed by atoms with E-state index in [-0.39, 0.29) is 5.54 Å². The summed E-state index contributed by atoms with van der Waals surface area (Å²) in [6, 6.07) is 1.86. The molecule has 0 saturated carbocycles. The first-order valence-electron chi connectivity index (χ1n) is 5.26. The van der Waals surface area contributed by atoms with Crippen molar-refractivity contribution in [2.24, 2.45) is 0 Å². The van der Waals surface area contributed by atoms with E-state index < -0.39 is 0 Å². The molecule has 2 heterocycles. The van der Waals surface area contributed by atoms with Crippen LogP contribution in [0.4, 0.5) is 0 Å². The Balaban J connectivity index is 2.14. The van der Waals surface area contributed by atoms with Gasteiger partial charge in [0.05, 0.1) is 11.8 Å². The highest BCUT2D eigenvalue weighted by atomic mass is 16.3. The van der Waals surface area contributed by atoms with Crippen molar-refractivity contribution < 1.29 is 8.83 Å². The maximum absolute atomic E-state index is 5.36. The minimum absolute atomic E-state index is 0.0621. The van der Waals surface area contributed by atoms with Crippen LogP contribution in [0.3, 0.4) is 0 Å². The van der Waals surface area contributed by atoms with Crippen molar-refractivity contribution in [3.63, 3.8) is 0 Å². The van der Waals surface area contributed by atoms with E-state index in [0.717, 1.165) is 17.0 Å². The van der Waals surface area contributed by atoms with E-state index in [1.54, 1.807) is 12.5 Å². The van der Waals surface area contributed by atoms with Crippen molar-refractivity contribution in [1.82, 2.24) is 10.3 Å². The summed E-state index contributed by atoms with van der Waals surface area (Å²) in [4.78, 5) is 4.20.